The molecule has 7 heteroatoms. The second kappa shape index (κ2) is 6.60. The van der Waals surface area contributed by atoms with E-state index in [1.165, 1.54) is 4.90 Å². The average molecular weight is 437 g/mol. The fraction of sp³-hybridized carbons (Fsp3) is 0.190. The molecule has 0 aliphatic carbocycles. The van der Waals surface area contributed by atoms with E-state index < -0.39 is 6.04 Å². The Morgan fingerprint density at radius 1 is 1.00 bits per heavy atom. The Balaban J connectivity index is 1.48. The molecule has 0 N–H and O–H groups in total. The van der Waals surface area contributed by atoms with E-state index in [2.05, 4.69) is 37.6 Å². The quantitative estimate of drug-likeness (QED) is 0.589. The van der Waals surface area contributed by atoms with E-state index in [1.54, 1.807) is 17.0 Å². The van der Waals surface area contributed by atoms with Crippen LogP contribution in [0, 0.1) is 0 Å². The van der Waals surface area contributed by atoms with Gasteiger partial charge in [-0.1, -0.05) is 48.5 Å². The second-order valence-corrected chi connectivity index (χ2v) is 7.69. The molecule has 28 heavy (non-hydrogen) atoms. The number of benzene rings is 2. The molecule has 6 nitrogen and oxygen atoms in total. The molecule has 0 radical (unpaired) electrons. The van der Waals surface area contributed by atoms with E-state index in [0.717, 1.165) is 21.7 Å². The van der Waals surface area contributed by atoms with Crippen LogP contribution >= 0.6 is 15.9 Å². The van der Waals surface area contributed by atoms with Crippen molar-refractivity contribution in [2.24, 2.45) is 0 Å². The van der Waals surface area contributed by atoms with E-state index in [-0.39, 0.29) is 11.9 Å². The molecule has 3 aromatic rings. The molecule has 3 amide bonds. The third-order valence-electron chi connectivity index (χ3n) is 5.33. The van der Waals surface area contributed by atoms with Crippen molar-refractivity contribution >= 4 is 33.6 Å². The molecule has 5 rings (SSSR count). The zero-order chi connectivity index (χ0) is 19.3. The number of halogens is 1. The number of anilines is 1. The number of carbonyl (C=O) groups is 2. The predicted molar refractivity (Wildman–Crippen MR) is 108 cm³/mol. The second-order valence-electron chi connectivity index (χ2n) is 6.99. The normalized spacial score (nSPS) is 18.4. The largest absolute Gasteiger partial charge is 0.332 e. The van der Waals surface area contributed by atoms with Crippen molar-refractivity contribution in [1.29, 1.82) is 0 Å². The van der Waals surface area contributed by atoms with Crippen LogP contribution in [0.25, 0.3) is 0 Å². The number of aromatic nitrogens is 2. The summed E-state index contributed by atoms with van der Waals surface area (Å²) in [5, 5.41) is 0. The minimum absolute atomic E-state index is 0.176. The standard InChI is InChI=1S/C21H17BrN4O2/c22-20-23-16-13-25-18(11-17(16)24(20)12-14-7-3-1-4-8-14)19(27)26(21(25)28)15-9-5-2-6-10-15/h1-10,18H,11-13H2. The van der Waals surface area contributed by atoms with Gasteiger partial charge in [0.15, 0.2) is 4.73 Å². The molecule has 1 aromatic heterocycles. The van der Waals surface area contributed by atoms with E-state index in [9.17, 15) is 9.59 Å². The van der Waals surface area contributed by atoms with Gasteiger partial charge in [0, 0.05) is 18.7 Å². The number of hydrogen-bond donors (Lipinski definition) is 0. The summed E-state index contributed by atoms with van der Waals surface area (Å²) in [6.45, 7) is 1.01. The van der Waals surface area contributed by atoms with Crippen LogP contribution in [0.5, 0.6) is 0 Å². The highest BCUT2D eigenvalue weighted by Crippen LogP contribution is 2.34. The minimum Gasteiger partial charge on any atom is -0.318 e. The van der Waals surface area contributed by atoms with Gasteiger partial charge in [-0.15, -0.1) is 0 Å². The van der Waals surface area contributed by atoms with Crippen molar-refractivity contribution in [3.05, 3.63) is 82.3 Å². The number of rotatable bonds is 3. The Kier molecular flexibility index (Phi) is 4.05. The monoisotopic (exact) mass is 436 g/mol. The summed E-state index contributed by atoms with van der Waals surface area (Å²) in [5.74, 6) is -0.176. The van der Waals surface area contributed by atoms with E-state index in [0.29, 0.717) is 25.2 Å². The van der Waals surface area contributed by atoms with Crippen LogP contribution in [-0.2, 0) is 24.3 Å². The Hall–Kier alpha value is -2.93. The number of carbonyl (C=O) groups excluding carboxylic acids is 2. The first-order chi connectivity index (χ1) is 13.6. The van der Waals surface area contributed by atoms with Crippen molar-refractivity contribution in [2.75, 3.05) is 4.90 Å². The summed E-state index contributed by atoms with van der Waals surface area (Å²) in [5.41, 5.74) is 3.62. The van der Waals surface area contributed by atoms with Crippen LogP contribution in [0.4, 0.5) is 10.5 Å². The fourth-order valence-electron chi connectivity index (χ4n) is 3.96. The minimum atomic E-state index is -0.488. The lowest BCUT2D eigenvalue weighted by molar-refractivity contribution is -0.120. The number of amides is 3. The number of fused-ring (bicyclic) bond motifs is 2. The average Bonchev–Trinajstić information content (AvgIpc) is 3.15. The fourth-order valence-corrected chi connectivity index (χ4v) is 4.51. The molecule has 2 aliphatic rings. The van der Waals surface area contributed by atoms with Crippen molar-refractivity contribution < 1.29 is 9.59 Å². The van der Waals surface area contributed by atoms with E-state index in [4.69, 9.17) is 0 Å². The lowest BCUT2D eigenvalue weighted by Gasteiger charge is -2.27. The summed E-state index contributed by atoms with van der Waals surface area (Å²) in [7, 11) is 0. The smallest absolute Gasteiger partial charge is 0.318 e. The molecule has 0 saturated carbocycles. The summed E-state index contributed by atoms with van der Waals surface area (Å²) in [6, 6.07) is 18.5. The maximum Gasteiger partial charge on any atom is 0.332 e. The van der Waals surface area contributed by atoms with Gasteiger partial charge < -0.3 is 9.47 Å². The third kappa shape index (κ3) is 2.65. The first-order valence-electron chi connectivity index (χ1n) is 9.11. The lowest BCUT2D eigenvalue weighted by Crippen LogP contribution is -2.40. The van der Waals surface area contributed by atoms with Crippen LogP contribution in [0.1, 0.15) is 17.0 Å². The van der Waals surface area contributed by atoms with E-state index >= 15 is 0 Å². The molecule has 1 saturated heterocycles. The Bertz CT molecular complexity index is 1060. The van der Waals surface area contributed by atoms with Gasteiger partial charge in [0.1, 0.15) is 6.04 Å². The van der Waals surface area contributed by atoms with Crippen LogP contribution in [0.15, 0.2) is 65.4 Å². The lowest BCUT2D eigenvalue weighted by atomic mass is 10.0. The van der Waals surface area contributed by atoms with Crippen molar-refractivity contribution in [3.63, 3.8) is 0 Å². The number of para-hydroxylation sites is 1. The van der Waals surface area contributed by atoms with Gasteiger partial charge >= 0.3 is 6.03 Å². The topological polar surface area (TPSA) is 58.4 Å². The molecule has 0 bridgehead atoms. The highest BCUT2D eigenvalue weighted by molar-refractivity contribution is 9.10. The first kappa shape index (κ1) is 17.2. The van der Waals surface area contributed by atoms with E-state index in [1.807, 2.05) is 36.4 Å². The van der Waals surface area contributed by atoms with Gasteiger partial charge in [0.2, 0.25) is 0 Å². The number of hydrogen-bond acceptors (Lipinski definition) is 3. The number of imidazole rings is 1. The first-order valence-corrected chi connectivity index (χ1v) is 9.90. The molecule has 1 fully saturated rings. The Morgan fingerprint density at radius 3 is 2.39 bits per heavy atom. The highest BCUT2D eigenvalue weighted by atomic mass is 79.9. The number of imide groups is 1. The molecule has 1 unspecified atom stereocenters. The van der Waals surface area contributed by atoms with Crippen LogP contribution in [0.3, 0.4) is 0 Å². The van der Waals surface area contributed by atoms with Crippen LogP contribution in [0.2, 0.25) is 0 Å². The Morgan fingerprint density at radius 2 is 1.68 bits per heavy atom. The molecular weight excluding hydrogens is 420 g/mol. The SMILES string of the molecule is O=C1C2Cc3c(nc(Br)n3Cc3ccccc3)CN2C(=O)N1c1ccccc1. The zero-order valence-electron chi connectivity index (χ0n) is 15.0. The molecular formula is C21H17BrN4O2. The third-order valence-corrected chi connectivity index (χ3v) is 5.94. The molecule has 0 spiro atoms. The maximum atomic E-state index is 13.1. The predicted octanol–water partition coefficient (Wildman–Crippen LogP) is 3.59. The summed E-state index contributed by atoms with van der Waals surface area (Å²) < 4.78 is 2.81. The highest BCUT2D eigenvalue weighted by Gasteiger charge is 2.49. The van der Waals surface area contributed by atoms with Gasteiger partial charge in [-0.3, -0.25) is 4.79 Å². The molecule has 140 valence electrons. The Labute approximate surface area is 170 Å². The van der Waals surface area contributed by atoms with Crippen LogP contribution < -0.4 is 4.90 Å². The maximum absolute atomic E-state index is 13.1. The van der Waals surface area contributed by atoms with Gasteiger partial charge in [-0.05, 0) is 33.6 Å². The van der Waals surface area contributed by atoms with Gasteiger partial charge in [0.25, 0.3) is 5.91 Å². The van der Waals surface area contributed by atoms with Gasteiger partial charge in [-0.25, -0.2) is 14.7 Å². The summed E-state index contributed by atoms with van der Waals surface area (Å²) >= 11 is 3.55. The van der Waals surface area contributed by atoms with Crippen molar-refractivity contribution in [1.82, 2.24) is 14.5 Å². The molecule has 2 aromatic carbocycles. The number of nitrogens with zero attached hydrogens (tertiary/aromatic N) is 4. The molecule has 1 atom stereocenters. The molecule has 2 aliphatic heterocycles. The summed E-state index contributed by atoms with van der Waals surface area (Å²) in [6.07, 6.45) is 0.467. The summed E-state index contributed by atoms with van der Waals surface area (Å²) in [4.78, 5) is 33.5. The van der Waals surface area contributed by atoms with Gasteiger partial charge in [0.05, 0.1) is 17.9 Å². The van der Waals surface area contributed by atoms with Crippen LogP contribution in [-0.4, -0.2) is 32.4 Å². The van der Waals surface area contributed by atoms with Crippen molar-refractivity contribution in [3.8, 4) is 0 Å². The van der Waals surface area contributed by atoms with Crippen molar-refractivity contribution in [2.45, 2.75) is 25.6 Å². The number of urea groups is 1. The van der Waals surface area contributed by atoms with Gasteiger partial charge in [-0.2, -0.15) is 0 Å². The molecule has 3 heterocycles. The zero-order valence-corrected chi connectivity index (χ0v) is 16.5.